The Hall–Kier alpha value is -7.89. The van der Waals surface area contributed by atoms with Gasteiger partial charge in [0.1, 0.15) is 11.2 Å². The number of anilines is 3. The lowest BCUT2D eigenvalue weighted by Gasteiger charge is -2.26. The zero-order valence-corrected chi connectivity index (χ0v) is 31.3. The molecule has 0 saturated carbocycles. The van der Waals surface area contributed by atoms with Gasteiger partial charge in [-0.1, -0.05) is 158 Å². The van der Waals surface area contributed by atoms with Crippen LogP contribution in [-0.2, 0) is 0 Å². The summed E-state index contributed by atoms with van der Waals surface area (Å²) in [6.45, 7) is 0. The van der Waals surface area contributed by atoms with Gasteiger partial charge in [0, 0.05) is 44.9 Å². The van der Waals surface area contributed by atoms with Crippen molar-refractivity contribution in [1.82, 2.24) is 15.0 Å². The fourth-order valence-corrected chi connectivity index (χ4v) is 8.10. The second kappa shape index (κ2) is 14.0. The van der Waals surface area contributed by atoms with Crippen LogP contribution in [0.25, 0.3) is 88.8 Å². The maximum absolute atomic E-state index is 6.68. The molecule has 5 nitrogen and oxygen atoms in total. The molecule has 11 aromatic rings. The van der Waals surface area contributed by atoms with Crippen LogP contribution in [0.2, 0.25) is 0 Å². The normalized spacial score (nSPS) is 11.4. The number of nitrogens with zero attached hydrogens (tertiary/aromatic N) is 4. The molecule has 0 amide bonds. The molecule has 272 valence electrons. The van der Waals surface area contributed by atoms with Crippen LogP contribution >= 0.6 is 0 Å². The summed E-state index contributed by atoms with van der Waals surface area (Å²) in [6, 6.07) is 71.6. The van der Waals surface area contributed by atoms with Crippen LogP contribution in [0.4, 0.5) is 17.1 Å². The smallest absolute Gasteiger partial charge is 0.164 e. The van der Waals surface area contributed by atoms with Gasteiger partial charge in [0.05, 0.1) is 5.69 Å². The lowest BCUT2D eigenvalue weighted by Crippen LogP contribution is -2.10. The quantitative estimate of drug-likeness (QED) is 0.163. The predicted molar refractivity (Wildman–Crippen MR) is 239 cm³/mol. The van der Waals surface area contributed by atoms with E-state index in [0.717, 1.165) is 72.0 Å². The van der Waals surface area contributed by atoms with E-state index in [1.54, 1.807) is 0 Å². The van der Waals surface area contributed by atoms with Gasteiger partial charge in [-0.05, 0) is 75.1 Å². The molecule has 0 radical (unpaired) electrons. The molecule has 0 saturated heterocycles. The summed E-state index contributed by atoms with van der Waals surface area (Å²) < 4.78 is 6.68. The zero-order valence-electron chi connectivity index (χ0n) is 31.3. The Morgan fingerprint density at radius 3 is 1.74 bits per heavy atom. The maximum atomic E-state index is 6.68. The van der Waals surface area contributed by atoms with Crippen molar-refractivity contribution in [2.45, 2.75) is 0 Å². The molecule has 0 fully saturated rings. The number of hydrogen-bond donors (Lipinski definition) is 0. The largest absolute Gasteiger partial charge is 0.456 e. The Kier molecular flexibility index (Phi) is 8.07. The first kappa shape index (κ1) is 33.4. The van der Waals surface area contributed by atoms with Crippen LogP contribution in [0.3, 0.4) is 0 Å². The highest BCUT2D eigenvalue weighted by molar-refractivity contribution is 6.13. The van der Waals surface area contributed by atoms with Gasteiger partial charge in [-0.2, -0.15) is 0 Å². The summed E-state index contributed by atoms with van der Waals surface area (Å²) in [5, 5.41) is 6.61. The van der Waals surface area contributed by atoms with E-state index < -0.39 is 0 Å². The topological polar surface area (TPSA) is 55.1 Å². The number of fused-ring (bicyclic) bond motifs is 5. The van der Waals surface area contributed by atoms with Gasteiger partial charge < -0.3 is 9.32 Å². The SMILES string of the molecule is c1ccc(-c2nc(-c3cccc4ccccc34)nc(-c3cc(N(c4ccccc4)c4ccc(-c5ccc6ccccc6c5)cc4)cc4oc5ccccc5c34)n2)cc1. The first-order valence-corrected chi connectivity index (χ1v) is 19.4. The van der Waals surface area contributed by atoms with E-state index >= 15 is 0 Å². The summed E-state index contributed by atoms with van der Waals surface area (Å²) in [4.78, 5) is 18.0. The van der Waals surface area contributed by atoms with E-state index in [0.29, 0.717) is 17.5 Å². The third kappa shape index (κ3) is 5.94. The number of rotatable bonds is 7. The number of hydrogen-bond acceptors (Lipinski definition) is 5. The second-order valence-electron chi connectivity index (χ2n) is 14.4. The predicted octanol–water partition coefficient (Wildman–Crippen LogP) is 14.2. The van der Waals surface area contributed by atoms with E-state index in [1.165, 1.54) is 16.3 Å². The molecule has 0 N–H and O–H groups in total. The molecular formula is C53H34N4O. The van der Waals surface area contributed by atoms with Gasteiger partial charge in [0.2, 0.25) is 0 Å². The fraction of sp³-hybridized carbons (Fsp3) is 0. The van der Waals surface area contributed by atoms with Crippen molar-refractivity contribution in [3.63, 3.8) is 0 Å². The van der Waals surface area contributed by atoms with E-state index in [2.05, 4.69) is 157 Å². The van der Waals surface area contributed by atoms with Crippen molar-refractivity contribution in [2.75, 3.05) is 4.90 Å². The molecule has 0 bridgehead atoms. The number of aromatic nitrogens is 3. The lowest BCUT2D eigenvalue weighted by molar-refractivity contribution is 0.669. The molecule has 0 aliphatic heterocycles. The van der Waals surface area contributed by atoms with Gasteiger partial charge >= 0.3 is 0 Å². The lowest BCUT2D eigenvalue weighted by atomic mass is 10.0. The number of furan rings is 1. The van der Waals surface area contributed by atoms with E-state index in [-0.39, 0.29) is 0 Å². The second-order valence-corrected chi connectivity index (χ2v) is 14.4. The molecule has 11 rings (SSSR count). The minimum atomic E-state index is 0.565. The monoisotopic (exact) mass is 742 g/mol. The van der Waals surface area contributed by atoms with Gasteiger partial charge in [-0.3, -0.25) is 0 Å². The highest BCUT2D eigenvalue weighted by Crippen LogP contribution is 2.44. The van der Waals surface area contributed by atoms with E-state index in [1.807, 2.05) is 54.6 Å². The summed E-state index contributed by atoms with van der Waals surface area (Å²) in [5.41, 5.74) is 9.52. The van der Waals surface area contributed by atoms with Crippen LogP contribution in [0.1, 0.15) is 0 Å². The Balaban J connectivity index is 1.14. The van der Waals surface area contributed by atoms with Gasteiger partial charge in [-0.15, -0.1) is 0 Å². The van der Waals surface area contributed by atoms with Gasteiger partial charge in [-0.25, -0.2) is 15.0 Å². The molecular weight excluding hydrogens is 709 g/mol. The van der Waals surface area contributed by atoms with Gasteiger partial charge in [0.25, 0.3) is 0 Å². The molecule has 2 aromatic heterocycles. The summed E-state index contributed by atoms with van der Waals surface area (Å²) in [5.74, 6) is 1.77. The van der Waals surface area contributed by atoms with Crippen molar-refractivity contribution in [1.29, 1.82) is 0 Å². The summed E-state index contributed by atoms with van der Waals surface area (Å²) >= 11 is 0. The molecule has 5 heteroatoms. The first-order chi connectivity index (χ1) is 28.7. The van der Waals surface area contributed by atoms with Crippen molar-refractivity contribution < 1.29 is 4.42 Å². The molecule has 0 aliphatic rings. The van der Waals surface area contributed by atoms with Crippen LogP contribution in [0.15, 0.2) is 211 Å². The average Bonchev–Trinajstić information content (AvgIpc) is 3.68. The summed E-state index contributed by atoms with van der Waals surface area (Å²) in [6.07, 6.45) is 0. The molecule has 58 heavy (non-hydrogen) atoms. The Bertz CT molecular complexity index is 3280. The highest BCUT2D eigenvalue weighted by atomic mass is 16.3. The minimum absolute atomic E-state index is 0.565. The van der Waals surface area contributed by atoms with Crippen molar-refractivity contribution >= 4 is 60.5 Å². The highest BCUT2D eigenvalue weighted by Gasteiger charge is 2.23. The van der Waals surface area contributed by atoms with E-state index in [9.17, 15) is 0 Å². The molecule has 9 aromatic carbocycles. The third-order valence-electron chi connectivity index (χ3n) is 10.9. The minimum Gasteiger partial charge on any atom is -0.456 e. The Labute approximate surface area is 335 Å². The molecule has 0 aliphatic carbocycles. The maximum Gasteiger partial charge on any atom is 0.164 e. The molecule has 0 spiro atoms. The standard InChI is InChI=1S/C53H34N4O/c1-3-16-38(17-4-1)51-54-52(45-24-13-19-37-15-9-10-22-44(37)45)56-53(55-51)47-33-43(34-49-50(47)46-23-11-12-25-48(46)58-49)57(41-20-5-2-6-21-41)42-30-28-36(29-31-42)40-27-26-35-14-7-8-18-39(35)32-40/h1-34H. The Morgan fingerprint density at radius 2 is 0.931 bits per heavy atom. The van der Waals surface area contributed by atoms with Crippen LogP contribution in [0.5, 0.6) is 0 Å². The molecule has 0 atom stereocenters. The number of para-hydroxylation sites is 2. The third-order valence-corrected chi connectivity index (χ3v) is 10.9. The number of benzene rings is 9. The average molecular weight is 743 g/mol. The van der Waals surface area contributed by atoms with Crippen molar-refractivity contribution in [3.8, 4) is 45.3 Å². The van der Waals surface area contributed by atoms with E-state index in [4.69, 9.17) is 19.4 Å². The first-order valence-electron chi connectivity index (χ1n) is 19.4. The molecule has 2 heterocycles. The molecule has 0 unspecified atom stereocenters. The fourth-order valence-electron chi connectivity index (χ4n) is 8.10. The van der Waals surface area contributed by atoms with Crippen LogP contribution < -0.4 is 4.90 Å². The summed E-state index contributed by atoms with van der Waals surface area (Å²) in [7, 11) is 0. The van der Waals surface area contributed by atoms with Crippen LogP contribution in [0, 0.1) is 0 Å². The van der Waals surface area contributed by atoms with Gasteiger partial charge in [0.15, 0.2) is 17.5 Å². The zero-order chi connectivity index (χ0) is 38.4. The van der Waals surface area contributed by atoms with Crippen molar-refractivity contribution in [3.05, 3.63) is 206 Å². The van der Waals surface area contributed by atoms with Crippen LogP contribution in [-0.4, -0.2) is 15.0 Å². The Morgan fingerprint density at radius 1 is 0.328 bits per heavy atom. The van der Waals surface area contributed by atoms with Crippen molar-refractivity contribution in [2.24, 2.45) is 0 Å².